The second-order valence-corrected chi connectivity index (χ2v) is 7.69. The molecule has 1 aromatic heterocycles. The lowest BCUT2D eigenvalue weighted by molar-refractivity contribution is -0.141. The van der Waals surface area contributed by atoms with Gasteiger partial charge in [-0.1, -0.05) is 13.0 Å². The van der Waals surface area contributed by atoms with Gasteiger partial charge in [-0.3, -0.25) is 0 Å². The molecule has 2 heterocycles. The van der Waals surface area contributed by atoms with Gasteiger partial charge in [-0.25, -0.2) is 13.4 Å². The molecule has 1 aromatic rings. The van der Waals surface area contributed by atoms with Crippen molar-refractivity contribution in [1.82, 2.24) is 10.3 Å². The molecule has 22 heavy (non-hydrogen) atoms. The van der Waals surface area contributed by atoms with E-state index in [9.17, 15) is 21.6 Å². The Morgan fingerprint density at radius 2 is 1.95 bits per heavy atom. The van der Waals surface area contributed by atoms with E-state index in [1.807, 2.05) is 6.92 Å². The Morgan fingerprint density at radius 1 is 1.32 bits per heavy atom. The third-order valence-electron chi connectivity index (χ3n) is 4.00. The van der Waals surface area contributed by atoms with E-state index in [0.717, 1.165) is 44.1 Å². The van der Waals surface area contributed by atoms with Gasteiger partial charge in [0.2, 0.25) is 0 Å². The molecule has 0 saturated carbocycles. The number of aromatic nitrogens is 1. The minimum absolute atomic E-state index is 0.108. The molecule has 1 saturated heterocycles. The second-order valence-electron chi connectivity index (χ2n) is 5.70. The molecule has 124 valence electrons. The highest BCUT2D eigenvalue weighted by atomic mass is 32.2. The predicted molar refractivity (Wildman–Crippen MR) is 76.0 cm³/mol. The number of nitrogens with zero attached hydrogens (tertiary/aromatic N) is 1. The van der Waals surface area contributed by atoms with Gasteiger partial charge in [0, 0.05) is 0 Å². The van der Waals surface area contributed by atoms with Crippen LogP contribution in [0.3, 0.4) is 0 Å². The average Bonchev–Trinajstić information content (AvgIpc) is 2.47. The number of halogens is 3. The van der Waals surface area contributed by atoms with Gasteiger partial charge < -0.3 is 5.32 Å². The van der Waals surface area contributed by atoms with Crippen molar-refractivity contribution in [2.45, 2.75) is 31.0 Å². The van der Waals surface area contributed by atoms with Crippen LogP contribution in [0.1, 0.15) is 25.5 Å². The molecule has 0 radical (unpaired) electrons. The summed E-state index contributed by atoms with van der Waals surface area (Å²) in [6, 6.07) is 2.98. The molecule has 1 aliphatic heterocycles. The molecule has 4 nitrogen and oxygen atoms in total. The number of piperidine rings is 1. The van der Waals surface area contributed by atoms with Crippen molar-refractivity contribution in [1.29, 1.82) is 0 Å². The lowest BCUT2D eigenvalue weighted by Crippen LogP contribution is -2.33. The number of nitrogens with one attached hydrogen (secondary N) is 1. The molecule has 1 aliphatic rings. The summed E-state index contributed by atoms with van der Waals surface area (Å²) in [5, 5.41) is 2.70. The first-order valence-corrected chi connectivity index (χ1v) is 8.83. The highest BCUT2D eigenvalue weighted by Crippen LogP contribution is 2.29. The molecule has 1 N–H and O–H groups in total. The Hall–Kier alpha value is -1.15. The van der Waals surface area contributed by atoms with Gasteiger partial charge >= 0.3 is 6.18 Å². The summed E-state index contributed by atoms with van der Waals surface area (Å²) >= 11 is 0. The quantitative estimate of drug-likeness (QED) is 0.918. The normalized spacial score (nSPS) is 19.1. The molecular formula is C14H19F3N2O2S. The highest BCUT2D eigenvalue weighted by molar-refractivity contribution is 7.91. The first-order chi connectivity index (χ1) is 10.2. The predicted octanol–water partition coefficient (Wildman–Crippen LogP) is 2.51. The van der Waals surface area contributed by atoms with Gasteiger partial charge in [0.1, 0.15) is 5.69 Å². The van der Waals surface area contributed by atoms with E-state index in [1.165, 1.54) is 0 Å². The second kappa shape index (κ2) is 6.54. The fourth-order valence-corrected chi connectivity index (χ4v) is 4.39. The third-order valence-corrected chi connectivity index (χ3v) is 5.83. The largest absolute Gasteiger partial charge is 0.433 e. The van der Waals surface area contributed by atoms with Crippen molar-refractivity contribution in [2.75, 3.05) is 18.8 Å². The van der Waals surface area contributed by atoms with Crippen LogP contribution >= 0.6 is 0 Å². The van der Waals surface area contributed by atoms with Crippen LogP contribution in [-0.4, -0.2) is 32.2 Å². The molecule has 0 aromatic carbocycles. The van der Waals surface area contributed by atoms with Crippen LogP contribution in [-0.2, 0) is 16.0 Å². The van der Waals surface area contributed by atoms with Crippen LogP contribution < -0.4 is 5.32 Å². The van der Waals surface area contributed by atoms with Gasteiger partial charge in [-0.2, -0.15) is 13.2 Å². The SMILES string of the molecule is CC(CS(=O)(=O)c1cccc(C(F)(F)F)n1)C1CCNCC1. The smallest absolute Gasteiger partial charge is 0.317 e. The Bertz CT molecular complexity index is 611. The van der Waals surface area contributed by atoms with Crippen LogP contribution in [0.15, 0.2) is 23.2 Å². The molecule has 0 amide bonds. The van der Waals surface area contributed by atoms with Crippen molar-refractivity contribution in [3.63, 3.8) is 0 Å². The maximum absolute atomic E-state index is 12.6. The van der Waals surface area contributed by atoms with E-state index in [-0.39, 0.29) is 17.6 Å². The first-order valence-electron chi connectivity index (χ1n) is 7.18. The van der Waals surface area contributed by atoms with Crippen LogP contribution in [0.5, 0.6) is 0 Å². The lowest BCUT2D eigenvalue weighted by Gasteiger charge is -2.28. The third kappa shape index (κ3) is 4.19. The summed E-state index contributed by atoms with van der Waals surface area (Å²) < 4.78 is 62.6. The molecule has 8 heteroatoms. The monoisotopic (exact) mass is 336 g/mol. The highest BCUT2D eigenvalue weighted by Gasteiger charge is 2.34. The van der Waals surface area contributed by atoms with Crippen molar-refractivity contribution in [3.8, 4) is 0 Å². The zero-order valence-corrected chi connectivity index (χ0v) is 13.0. The summed E-state index contributed by atoms with van der Waals surface area (Å²) in [6.07, 6.45) is -2.88. The average molecular weight is 336 g/mol. The molecule has 2 rings (SSSR count). The van der Waals surface area contributed by atoms with Gasteiger partial charge in [-0.05, 0) is 49.9 Å². The van der Waals surface area contributed by atoms with Gasteiger partial charge in [0.25, 0.3) is 0 Å². The fraction of sp³-hybridized carbons (Fsp3) is 0.643. The summed E-state index contributed by atoms with van der Waals surface area (Å²) in [5.41, 5.74) is -1.18. The minimum Gasteiger partial charge on any atom is -0.317 e. The molecule has 1 unspecified atom stereocenters. The number of pyridine rings is 1. The zero-order chi connectivity index (χ0) is 16.4. The standard InChI is InChI=1S/C14H19F3N2O2S/c1-10(11-5-7-18-8-6-11)9-22(20,21)13-4-2-3-12(19-13)14(15,16)17/h2-4,10-11,18H,5-9H2,1H3. The van der Waals surface area contributed by atoms with Crippen LogP contribution in [0.25, 0.3) is 0 Å². The van der Waals surface area contributed by atoms with Gasteiger partial charge in [-0.15, -0.1) is 0 Å². The summed E-state index contributed by atoms with van der Waals surface area (Å²) in [4.78, 5) is 3.29. The Balaban J connectivity index is 2.16. The summed E-state index contributed by atoms with van der Waals surface area (Å²) in [6.45, 7) is 3.52. The Morgan fingerprint density at radius 3 is 2.55 bits per heavy atom. The maximum Gasteiger partial charge on any atom is 0.433 e. The van der Waals surface area contributed by atoms with Crippen LogP contribution in [0, 0.1) is 11.8 Å². The van der Waals surface area contributed by atoms with Crippen molar-refractivity contribution in [2.24, 2.45) is 11.8 Å². The Labute approximate surface area is 128 Å². The Kier molecular flexibility index (Phi) is 5.11. The number of rotatable bonds is 4. The zero-order valence-electron chi connectivity index (χ0n) is 12.2. The molecule has 0 bridgehead atoms. The minimum atomic E-state index is -4.65. The summed E-state index contributed by atoms with van der Waals surface area (Å²) in [7, 11) is -3.82. The van der Waals surface area contributed by atoms with Crippen molar-refractivity contribution in [3.05, 3.63) is 23.9 Å². The van der Waals surface area contributed by atoms with Gasteiger partial charge in [0.15, 0.2) is 14.9 Å². The lowest BCUT2D eigenvalue weighted by atomic mass is 9.87. The van der Waals surface area contributed by atoms with Crippen molar-refractivity contribution < 1.29 is 21.6 Å². The number of hydrogen-bond acceptors (Lipinski definition) is 4. The number of hydrogen-bond donors (Lipinski definition) is 1. The molecule has 0 spiro atoms. The molecule has 1 atom stereocenters. The van der Waals surface area contributed by atoms with E-state index in [0.29, 0.717) is 0 Å². The van der Waals surface area contributed by atoms with Crippen molar-refractivity contribution >= 4 is 9.84 Å². The van der Waals surface area contributed by atoms with Crippen LogP contribution in [0.2, 0.25) is 0 Å². The van der Waals surface area contributed by atoms with E-state index >= 15 is 0 Å². The number of sulfone groups is 1. The van der Waals surface area contributed by atoms with Crippen LogP contribution in [0.4, 0.5) is 13.2 Å². The fourth-order valence-electron chi connectivity index (χ4n) is 2.73. The first kappa shape index (κ1) is 17.2. The van der Waals surface area contributed by atoms with E-state index < -0.39 is 26.7 Å². The molecule has 0 aliphatic carbocycles. The molecule has 1 fully saturated rings. The van der Waals surface area contributed by atoms with E-state index in [2.05, 4.69) is 10.3 Å². The number of alkyl halides is 3. The van der Waals surface area contributed by atoms with E-state index in [4.69, 9.17) is 0 Å². The topological polar surface area (TPSA) is 59.1 Å². The van der Waals surface area contributed by atoms with Gasteiger partial charge in [0.05, 0.1) is 5.75 Å². The maximum atomic E-state index is 12.6. The van der Waals surface area contributed by atoms with E-state index in [1.54, 1.807) is 0 Å². The molecular weight excluding hydrogens is 317 g/mol. The summed E-state index contributed by atoms with van der Waals surface area (Å²) in [5.74, 6) is -0.0170.